The van der Waals surface area contributed by atoms with Gasteiger partial charge in [-0.3, -0.25) is 14.5 Å². The van der Waals surface area contributed by atoms with Gasteiger partial charge in [0.1, 0.15) is 5.41 Å². The first-order valence-corrected chi connectivity index (χ1v) is 7.77. The minimum Gasteiger partial charge on any atom is -0.293 e. The second-order valence-electron chi connectivity index (χ2n) is 5.75. The van der Waals surface area contributed by atoms with Crippen molar-refractivity contribution in [2.75, 3.05) is 4.90 Å². The Hall–Kier alpha value is -3.01. The van der Waals surface area contributed by atoms with Crippen molar-refractivity contribution >= 4 is 23.2 Å². The van der Waals surface area contributed by atoms with E-state index < -0.39 is 5.41 Å². The summed E-state index contributed by atoms with van der Waals surface area (Å²) in [5.41, 5.74) is -0.0767. The molecule has 120 valence electrons. The van der Waals surface area contributed by atoms with Gasteiger partial charge in [0.2, 0.25) is 5.91 Å². The average molecular weight is 318 g/mol. The first-order chi connectivity index (χ1) is 11.7. The quantitative estimate of drug-likeness (QED) is 0.616. The van der Waals surface area contributed by atoms with E-state index in [9.17, 15) is 9.59 Å². The van der Waals surface area contributed by atoms with E-state index in [-0.39, 0.29) is 24.5 Å². The summed E-state index contributed by atoms with van der Waals surface area (Å²) in [7, 11) is 0. The summed E-state index contributed by atoms with van der Waals surface area (Å²) in [4.78, 5) is 32.3. The second-order valence-corrected chi connectivity index (χ2v) is 5.75. The standard InChI is InChI=1S/C20H18N2O2/c1-3-12-20(13-4-2)17(23)16-11-8-14-21-18(16)22(19(20)24)15-9-6-5-7-10-15/h3-11,14H,1-2,12-13H2. The molecule has 1 aromatic carbocycles. The zero-order valence-corrected chi connectivity index (χ0v) is 13.3. The normalized spacial score (nSPS) is 15.8. The van der Waals surface area contributed by atoms with Gasteiger partial charge in [0.25, 0.3) is 0 Å². The highest BCUT2D eigenvalue weighted by Gasteiger charge is 2.52. The summed E-state index contributed by atoms with van der Waals surface area (Å²) >= 11 is 0. The molecule has 1 aliphatic rings. The third-order valence-electron chi connectivity index (χ3n) is 4.29. The van der Waals surface area contributed by atoms with Crippen LogP contribution in [0, 0.1) is 5.41 Å². The summed E-state index contributed by atoms with van der Waals surface area (Å²) < 4.78 is 0. The molecule has 4 heteroatoms. The summed E-state index contributed by atoms with van der Waals surface area (Å²) in [5.74, 6) is -0.130. The highest BCUT2D eigenvalue weighted by Crippen LogP contribution is 2.44. The Labute approximate surface area is 141 Å². The number of fused-ring (bicyclic) bond motifs is 1. The molecule has 0 N–H and O–H groups in total. The van der Waals surface area contributed by atoms with E-state index in [1.54, 1.807) is 30.5 Å². The van der Waals surface area contributed by atoms with Gasteiger partial charge >= 0.3 is 0 Å². The number of para-hydroxylation sites is 1. The lowest BCUT2D eigenvalue weighted by Gasteiger charge is -2.39. The second kappa shape index (κ2) is 6.24. The number of hydrogen-bond donors (Lipinski definition) is 0. The zero-order chi connectivity index (χ0) is 17.2. The maximum atomic E-state index is 13.4. The van der Waals surface area contributed by atoms with Gasteiger partial charge in [0.05, 0.1) is 11.3 Å². The Kier molecular flexibility index (Phi) is 4.13. The Balaban J connectivity index is 2.27. The van der Waals surface area contributed by atoms with Crippen LogP contribution in [-0.4, -0.2) is 16.7 Å². The SMILES string of the molecule is C=CCC1(CC=C)C(=O)c2cccnc2N(c2ccccc2)C1=O. The third-order valence-corrected chi connectivity index (χ3v) is 4.29. The van der Waals surface area contributed by atoms with Gasteiger partial charge in [-0.2, -0.15) is 0 Å². The van der Waals surface area contributed by atoms with Crippen LogP contribution >= 0.6 is 0 Å². The minimum absolute atomic E-state index is 0.220. The van der Waals surface area contributed by atoms with Crippen LogP contribution in [0.1, 0.15) is 23.2 Å². The molecule has 0 unspecified atom stereocenters. The molecule has 0 atom stereocenters. The van der Waals surface area contributed by atoms with Crippen LogP contribution in [0.4, 0.5) is 11.5 Å². The van der Waals surface area contributed by atoms with Crippen LogP contribution in [0.3, 0.4) is 0 Å². The van der Waals surface area contributed by atoms with E-state index in [0.717, 1.165) is 0 Å². The molecule has 3 rings (SSSR count). The molecule has 0 saturated carbocycles. The Morgan fingerprint density at radius 1 is 1.00 bits per heavy atom. The molecule has 2 heterocycles. The number of nitrogens with zero attached hydrogens (tertiary/aromatic N) is 2. The maximum absolute atomic E-state index is 13.4. The van der Waals surface area contributed by atoms with Crippen molar-refractivity contribution in [3.8, 4) is 0 Å². The van der Waals surface area contributed by atoms with E-state index in [2.05, 4.69) is 18.1 Å². The van der Waals surface area contributed by atoms with E-state index in [0.29, 0.717) is 17.1 Å². The number of rotatable bonds is 5. The van der Waals surface area contributed by atoms with Crippen LogP contribution in [0.15, 0.2) is 74.0 Å². The molecule has 1 amide bonds. The van der Waals surface area contributed by atoms with Crippen molar-refractivity contribution in [3.63, 3.8) is 0 Å². The van der Waals surface area contributed by atoms with Crippen LogP contribution < -0.4 is 4.90 Å². The summed E-state index contributed by atoms with van der Waals surface area (Å²) in [6, 6.07) is 12.7. The fourth-order valence-electron chi connectivity index (χ4n) is 3.17. The molecule has 1 aliphatic heterocycles. The number of ketones is 1. The topological polar surface area (TPSA) is 50.3 Å². The fourth-order valence-corrected chi connectivity index (χ4v) is 3.17. The molecular formula is C20H18N2O2. The Bertz CT molecular complexity index is 801. The van der Waals surface area contributed by atoms with Crippen LogP contribution in [0.25, 0.3) is 0 Å². The predicted octanol–water partition coefficient (Wildman–Crippen LogP) is 4.08. The maximum Gasteiger partial charge on any atom is 0.247 e. The highest BCUT2D eigenvalue weighted by molar-refractivity contribution is 6.26. The van der Waals surface area contributed by atoms with Crippen molar-refractivity contribution in [2.45, 2.75) is 12.8 Å². The Morgan fingerprint density at radius 2 is 1.67 bits per heavy atom. The molecule has 0 bridgehead atoms. The van der Waals surface area contributed by atoms with Gasteiger partial charge < -0.3 is 0 Å². The molecule has 0 spiro atoms. The van der Waals surface area contributed by atoms with Crippen molar-refractivity contribution in [1.29, 1.82) is 0 Å². The van der Waals surface area contributed by atoms with Crippen molar-refractivity contribution in [1.82, 2.24) is 4.98 Å². The van der Waals surface area contributed by atoms with Crippen LogP contribution in [0.2, 0.25) is 0 Å². The van der Waals surface area contributed by atoms with Crippen molar-refractivity contribution in [2.24, 2.45) is 5.41 Å². The smallest absolute Gasteiger partial charge is 0.247 e. The van der Waals surface area contributed by atoms with E-state index in [1.165, 1.54) is 4.90 Å². The zero-order valence-electron chi connectivity index (χ0n) is 13.3. The van der Waals surface area contributed by atoms with Crippen molar-refractivity contribution < 1.29 is 9.59 Å². The number of anilines is 2. The highest BCUT2D eigenvalue weighted by atomic mass is 16.2. The van der Waals surface area contributed by atoms with E-state index >= 15 is 0 Å². The van der Waals surface area contributed by atoms with Gasteiger partial charge in [-0.15, -0.1) is 13.2 Å². The molecule has 0 aliphatic carbocycles. The predicted molar refractivity (Wildman–Crippen MR) is 94.2 cm³/mol. The molecule has 4 nitrogen and oxygen atoms in total. The van der Waals surface area contributed by atoms with Gasteiger partial charge in [-0.25, -0.2) is 4.98 Å². The number of carbonyl (C=O) groups excluding carboxylic acids is 2. The van der Waals surface area contributed by atoms with Crippen LogP contribution in [-0.2, 0) is 4.79 Å². The number of Topliss-reactive ketones (excluding diaryl/α,β-unsaturated/α-hetero) is 1. The number of pyridine rings is 1. The summed E-state index contributed by atoms with van der Waals surface area (Å²) in [6.45, 7) is 7.46. The van der Waals surface area contributed by atoms with Crippen molar-refractivity contribution in [3.05, 3.63) is 79.5 Å². The summed E-state index contributed by atoms with van der Waals surface area (Å²) in [6.07, 6.45) is 5.33. The molecule has 0 saturated heterocycles. The van der Waals surface area contributed by atoms with E-state index in [4.69, 9.17) is 0 Å². The monoisotopic (exact) mass is 318 g/mol. The number of hydrogen-bond acceptors (Lipinski definition) is 3. The number of amides is 1. The fraction of sp³-hybridized carbons (Fsp3) is 0.150. The molecule has 24 heavy (non-hydrogen) atoms. The number of carbonyl (C=O) groups is 2. The number of aromatic nitrogens is 1. The third kappa shape index (κ3) is 2.27. The molecular weight excluding hydrogens is 300 g/mol. The first-order valence-electron chi connectivity index (χ1n) is 7.77. The lowest BCUT2D eigenvalue weighted by Crippen LogP contribution is -2.51. The molecule has 1 aromatic heterocycles. The Morgan fingerprint density at radius 3 is 2.29 bits per heavy atom. The molecule has 0 fully saturated rings. The average Bonchev–Trinajstić information content (AvgIpc) is 2.61. The van der Waals surface area contributed by atoms with Gasteiger partial charge in [0.15, 0.2) is 11.6 Å². The number of benzene rings is 1. The summed E-state index contributed by atoms with van der Waals surface area (Å²) in [5, 5.41) is 0. The van der Waals surface area contributed by atoms with Crippen LogP contribution in [0.5, 0.6) is 0 Å². The first kappa shape index (κ1) is 15.9. The van der Waals surface area contributed by atoms with Gasteiger partial charge in [-0.1, -0.05) is 30.4 Å². The molecule has 0 radical (unpaired) electrons. The molecule has 2 aromatic rings. The number of allylic oxidation sites excluding steroid dienone is 2. The minimum atomic E-state index is -1.21. The lowest BCUT2D eigenvalue weighted by molar-refractivity contribution is -0.125. The van der Waals surface area contributed by atoms with Gasteiger partial charge in [0, 0.05) is 6.20 Å². The lowest BCUT2D eigenvalue weighted by atomic mass is 9.71. The largest absolute Gasteiger partial charge is 0.293 e. The van der Waals surface area contributed by atoms with E-state index in [1.807, 2.05) is 30.3 Å². The van der Waals surface area contributed by atoms with Gasteiger partial charge in [-0.05, 0) is 37.1 Å².